The van der Waals surface area contributed by atoms with Crippen LogP contribution in [0.25, 0.3) is 0 Å². The SMILES string of the molecule is CCCCCCCCCCCCCCCCCCCCCCCCCCCc1cccc(S(=O)(=O)O)c1. The zero-order valence-electron chi connectivity index (χ0n) is 24.4. The Morgan fingerprint density at radius 3 is 1.16 bits per heavy atom. The van der Waals surface area contributed by atoms with Crippen LogP contribution in [-0.4, -0.2) is 13.0 Å². The van der Waals surface area contributed by atoms with E-state index in [0.29, 0.717) is 0 Å². The lowest BCUT2D eigenvalue weighted by Crippen LogP contribution is -1.98. The zero-order valence-corrected chi connectivity index (χ0v) is 25.2. The molecule has 3 nitrogen and oxygen atoms in total. The van der Waals surface area contributed by atoms with E-state index in [1.807, 2.05) is 6.07 Å². The second kappa shape index (κ2) is 24.2. The Bertz CT molecular complexity index is 729. The highest BCUT2D eigenvalue weighted by molar-refractivity contribution is 7.85. The van der Waals surface area contributed by atoms with Crippen LogP contribution >= 0.6 is 0 Å². The molecule has 0 fully saturated rings. The van der Waals surface area contributed by atoms with Gasteiger partial charge in [0, 0.05) is 0 Å². The minimum absolute atomic E-state index is 0.00425. The summed E-state index contributed by atoms with van der Waals surface area (Å²) in [5.41, 5.74) is 0.990. The summed E-state index contributed by atoms with van der Waals surface area (Å²) < 4.78 is 31.6. The average molecular weight is 537 g/mol. The molecule has 0 unspecified atom stereocenters. The van der Waals surface area contributed by atoms with Gasteiger partial charge in [0.15, 0.2) is 0 Å². The predicted octanol–water partition coefficient (Wildman–Crippen LogP) is 11.2. The van der Waals surface area contributed by atoms with Gasteiger partial charge in [-0.3, -0.25) is 4.55 Å². The Morgan fingerprint density at radius 1 is 0.514 bits per heavy atom. The van der Waals surface area contributed by atoms with Crippen molar-refractivity contribution in [1.29, 1.82) is 0 Å². The lowest BCUT2D eigenvalue weighted by molar-refractivity contribution is 0.483. The van der Waals surface area contributed by atoms with E-state index in [2.05, 4.69) is 6.92 Å². The Hall–Kier alpha value is -0.870. The predicted molar refractivity (Wildman–Crippen MR) is 161 cm³/mol. The number of benzene rings is 1. The topological polar surface area (TPSA) is 54.4 Å². The number of hydrogen-bond acceptors (Lipinski definition) is 2. The maximum atomic E-state index is 11.2. The molecule has 4 heteroatoms. The fraction of sp³-hybridized carbons (Fsp3) is 0.818. The minimum Gasteiger partial charge on any atom is -0.282 e. The molecule has 0 aliphatic rings. The maximum absolute atomic E-state index is 11.2. The minimum atomic E-state index is -4.09. The summed E-state index contributed by atoms with van der Waals surface area (Å²) in [6.45, 7) is 2.29. The Balaban J connectivity index is 1.74. The number of aryl methyl sites for hydroxylation is 1. The Morgan fingerprint density at radius 2 is 0.838 bits per heavy atom. The van der Waals surface area contributed by atoms with Crippen molar-refractivity contribution in [2.45, 2.75) is 179 Å². The molecule has 1 rings (SSSR count). The number of unbranched alkanes of at least 4 members (excludes halogenated alkanes) is 24. The second-order valence-corrected chi connectivity index (χ2v) is 12.8. The quantitative estimate of drug-likeness (QED) is 0.0898. The van der Waals surface area contributed by atoms with Gasteiger partial charge in [-0.2, -0.15) is 8.42 Å². The van der Waals surface area contributed by atoms with Crippen LogP contribution in [0.1, 0.15) is 173 Å². The van der Waals surface area contributed by atoms with Crippen LogP contribution in [-0.2, 0) is 16.5 Å². The van der Waals surface area contributed by atoms with Crippen LogP contribution in [0.4, 0.5) is 0 Å². The van der Waals surface area contributed by atoms with Gasteiger partial charge >= 0.3 is 0 Å². The summed E-state index contributed by atoms with van der Waals surface area (Å²) in [5, 5.41) is 0. The highest BCUT2D eigenvalue weighted by atomic mass is 32.2. The van der Waals surface area contributed by atoms with Crippen LogP contribution in [0.15, 0.2) is 29.2 Å². The molecule has 1 aromatic carbocycles. The normalized spacial score (nSPS) is 11.8. The Kier molecular flexibility index (Phi) is 22.3. The molecular weight excluding hydrogens is 476 g/mol. The van der Waals surface area contributed by atoms with E-state index in [0.717, 1.165) is 18.4 Å². The lowest BCUT2D eigenvalue weighted by atomic mass is 10.0. The fourth-order valence-electron chi connectivity index (χ4n) is 5.33. The molecule has 0 saturated heterocycles. The molecule has 0 bridgehead atoms. The third-order valence-electron chi connectivity index (χ3n) is 7.77. The molecular formula is C33H60O3S. The summed E-state index contributed by atoms with van der Waals surface area (Å²) in [5.74, 6) is 0. The summed E-state index contributed by atoms with van der Waals surface area (Å²) in [4.78, 5) is 0.00425. The van der Waals surface area contributed by atoms with Crippen molar-refractivity contribution in [2.75, 3.05) is 0 Å². The van der Waals surface area contributed by atoms with E-state index in [4.69, 9.17) is 4.55 Å². The van der Waals surface area contributed by atoms with Gasteiger partial charge in [0.1, 0.15) is 0 Å². The first-order valence-electron chi connectivity index (χ1n) is 16.1. The number of rotatable bonds is 27. The van der Waals surface area contributed by atoms with Gasteiger partial charge in [-0.25, -0.2) is 0 Å². The molecule has 0 radical (unpaired) electrons. The van der Waals surface area contributed by atoms with Gasteiger partial charge in [0.2, 0.25) is 0 Å². The average Bonchev–Trinajstić information content (AvgIpc) is 2.88. The third-order valence-corrected chi connectivity index (χ3v) is 8.61. The number of hydrogen-bond donors (Lipinski definition) is 1. The first kappa shape index (κ1) is 34.2. The first-order valence-corrected chi connectivity index (χ1v) is 17.5. The highest BCUT2D eigenvalue weighted by Crippen LogP contribution is 2.17. The van der Waals surface area contributed by atoms with Crippen LogP contribution in [0.5, 0.6) is 0 Å². The van der Waals surface area contributed by atoms with Crippen LogP contribution < -0.4 is 0 Å². The Labute approximate surface area is 231 Å². The standard InChI is InChI=1S/C33H60O3S/c1-2-3-4-5-6-7-8-9-10-11-12-13-14-15-16-17-18-19-20-21-22-23-24-25-26-28-32-29-27-30-33(31-32)37(34,35)36/h27,29-31H,2-26,28H2,1H3,(H,34,35,36). The molecule has 0 aliphatic carbocycles. The van der Waals surface area contributed by atoms with Crippen LogP contribution in [0.2, 0.25) is 0 Å². The molecule has 0 atom stereocenters. The molecule has 0 spiro atoms. The fourth-order valence-corrected chi connectivity index (χ4v) is 5.88. The van der Waals surface area contributed by atoms with Crippen molar-refractivity contribution >= 4 is 10.1 Å². The first-order chi connectivity index (χ1) is 18.0. The molecule has 0 saturated carbocycles. The summed E-state index contributed by atoms with van der Waals surface area (Å²) in [6.07, 6.45) is 35.8. The molecule has 216 valence electrons. The molecule has 1 aromatic rings. The van der Waals surface area contributed by atoms with Crippen molar-refractivity contribution in [3.05, 3.63) is 29.8 Å². The molecule has 0 aliphatic heterocycles. The van der Waals surface area contributed by atoms with Crippen molar-refractivity contribution in [2.24, 2.45) is 0 Å². The van der Waals surface area contributed by atoms with E-state index in [1.165, 1.54) is 160 Å². The van der Waals surface area contributed by atoms with Crippen molar-refractivity contribution in [3.63, 3.8) is 0 Å². The van der Waals surface area contributed by atoms with Crippen LogP contribution in [0.3, 0.4) is 0 Å². The molecule has 0 amide bonds. The molecule has 37 heavy (non-hydrogen) atoms. The maximum Gasteiger partial charge on any atom is 0.294 e. The van der Waals surface area contributed by atoms with Gasteiger partial charge in [-0.05, 0) is 30.5 Å². The lowest BCUT2D eigenvalue weighted by Gasteiger charge is -2.05. The van der Waals surface area contributed by atoms with E-state index in [1.54, 1.807) is 12.1 Å². The van der Waals surface area contributed by atoms with Gasteiger partial charge < -0.3 is 0 Å². The van der Waals surface area contributed by atoms with Crippen LogP contribution in [0, 0.1) is 0 Å². The van der Waals surface area contributed by atoms with Gasteiger partial charge in [0.05, 0.1) is 4.90 Å². The monoisotopic (exact) mass is 536 g/mol. The van der Waals surface area contributed by atoms with E-state index in [9.17, 15) is 8.42 Å². The third kappa shape index (κ3) is 21.7. The van der Waals surface area contributed by atoms with Crippen molar-refractivity contribution in [1.82, 2.24) is 0 Å². The van der Waals surface area contributed by atoms with Gasteiger partial charge in [0.25, 0.3) is 10.1 Å². The van der Waals surface area contributed by atoms with Gasteiger partial charge in [-0.1, -0.05) is 173 Å². The second-order valence-electron chi connectivity index (χ2n) is 11.4. The van der Waals surface area contributed by atoms with Crippen molar-refractivity contribution in [3.8, 4) is 0 Å². The molecule has 0 aromatic heterocycles. The molecule has 0 heterocycles. The zero-order chi connectivity index (χ0) is 26.9. The smallest absolute Gasteiger partial charge is 0.282 e. The largest absolute Gasteiger partial charge is 0.294 e. The summed E-state index contributed by atoms with van der Waals surface area (Å²) in [6, 6.07) is 6.68. The molecule has 1 N–H and O–H groups in total. The highest BCUT2D eigenvalue weighted by Gasteiger charge is 2.09. The van der Waals surface area contributed by atoms with E-state index >= 15 is 0 Å². The summed E-state index contributed by atoms with van der Waals surface area (Å²) in [7, 11) is -4.09. The van der Waals surface area contributed by atoms with Crippen molar-refractivity contribution < 1.29 is 13.0 Å². The van der Waals surface area contributed by atoms with Gasteiger partial charge in [-0.15, -0.1) is 0 Å². The summed E-state index contributed by atoms with van der Waals surface area (Å²) >= 11 is 0. The van der Waals surface area contributed by atoms with E-state index in [-0.39, 0.29) is 4.90 Å². The van der Waals surface area contributed by atoms with E-state index < -0.39 is 10.1 Å².